The van der Waals surface area contributed by atoms with Crippen molar-refractivity contribution in [1.29, 1.82) is 0 Å². The normalized spacial score (nSPS) is 43.9. The molecule has 0 aromatic carbocycles. The average molecular weight is 292 g/mol. The van der Waals surface area contributed by atoms with Gasteiger partial charge in [0, 0.05) is 12.5 Å². The monoisotopic (exact) mass is 292 g/mol. The first-order valence-electron chi connectivity index (χ1n) is 7.91. The molecule has 2 saturated carbocycles. The Morgan fingerprint density at radius 1 is 1.43 bits per heavy atom. The Morgan fingerprint density at radius 3 is 2.67 bits per heavy atom. The second-order valence-electron chi connectivity index (χ2n) is 7.50. The number of fused-ring (bicyclic) bond motifs is 1. The molecule has 2 fully saturated rings. The van der Waals surface area contributed by atoms with Gasteiger partial charge in [0.25, 0.3) is 0 Å². The van der Waals surface area contributed by atoms with Crippen molar-refractivity contribution in [3.8, 4) is 0 Å². The second kappa shape index (κ2) is 5.69. The number of hydrogen-bond acceptors (Lipinski definition) is 3. The van der Waals surface area contributed by atoms with Gasteiger partial charge in [-0.3, -0.25) is 4.79 Å². The zero-order chi connectivity index (χ0) is 15.8. The summed E-state index contributed by atoms with van der Waals surface area (Å²) >= 11 is 0. The molecule has 118 valence electrons. The number of carbonyl (C=O) groups is 1. The van der Waals surface area contributed by atoms with Crippen LogP contribution in [0, 0.1) is 22.7 Å². The Labute approximate surface area is 127 Å². The molecule has 0 aliphatic heterocycles. The number of ketones is 1. The average Bonchev–Trinajstić information content (AvgIpc) is 2.41. The standard InChI is InChI=1S/C18H28O3/c1-12(20)6-7-14-13(2)15(21)10-16-17(3,11-19)8-5-9-18(14,16)4/h6-7,14-16,19,21H,2,5,8-11H2,1,3-4H3/b7-6+/t14-,15-,16-,17-,18+/m1/s1. The zero-order valence-corrected chi connectivity index (χ0v) is 13.4. The second-order valence-corrected chi connectivity index (χ2v) is 7.50. The molecule has 0 saturated heterocycles. The topological polar surface area (TPSA) is 57.5 Å². The van der Waals surface area contributed by atoms with Gasteiger partial charge in [0.15, 0.2) is 5.78 Å². The molecule has 3 nitrogen and oxygen atoms in total. The van der Waals surface area contributed by atoms with Crippen LogP contribution in [-0.4, -0.2) is 28.7 Å². The van der Waals surface area contributed by atoms with Gasteiger partial charge in [0.05, 0.1) is 6.10 Å². The molecule has 0 radical (unpaired) electrons. The number of hydrogen-bond donors (Lipinski definition) is 2. The third-order valence-electron chi connectivity index (χ3n) is 5.98. The maximum absolute atomic E-state index is 11.3. The van der Waals surface area contributed by atoms with Crippen LogP contribution in [0.2, 0.25) is 0 Å². The van der Waals surface area contributed by atoms with Crippen molar-refractivity contribution in [2.75, 3.05) is 6.61 Å². The molecular weight excluding hydrogens is 264 g/mol. The lowest BCUT2D eigenvalue weighted by molar-refractivity contribution is -0.112. The van der Waals surface area contributed by atoms with Crippen LogP contribution in [0.1, 0.15) is 46.5 Å². The molecule has 0 spiro atoms. The Balaban J connectivity index is 2.43. The molecule has 2 aliphatic carbocycles. The van der Waals surface area contributed by atoms with E-state index in [0.29, 0.717) is 6.42 Å². The van der Waals surface area contributed by atoms with Gasteiger partial charge < -0.3 is 10.2 Å². The van der Waals surface area contributed by atoms with Gasteiger partial charge in [0.1, 0.15) is 0 Å². The van der Waals surface area contributed by atoms with Crippen LogP contribution in [0.3, 0.4) is 0 Å². The number of allylic oxidation sites excluding steroid dienone is 2. The minimum absolute atomic E-state index is 0.00123. The van der Waals surface area contributed by atoms with E-state index in [2.05, 4.69) is 20.4 Å². The summed E-state index contributed by atoms with van der Waals surface area (Å²) in [6.07, 6.45) is 6.74. The van der Waals surface area contributed by atoms with E-state index in [-0.39, 0.29) is 35.1 Å². The Morgan fingerprint density at radius 2 is 2.10 bits per heavy atom. The van der Waals surface area contributed by atoms with Crippen LogP contribution in [0.4, 0.5) is 0 Å². The fraction of sp³-hybridized carbons (Fsp3) is 0.722. The van der Waals surface area contributed by atoms with E-state index < -0.39 is 6.10 Å². The fourth-order valence-corrected chi connectivity index (χ4v) is 4.71. The fourth-order valence-electron chi connectivity index (χ4n) is 4.71. The summed E-state index contributed by atoms with van der Waals surface area (Å²) in [5.74, 6) is 0.260. The van der Waals surface area contributed by atoms with Gasteiger partial charge in [-0.15, -0.1) is 0 Å². The summed E-state index contributed by atoms with van der Waals surface area (Å²) in [6, 6.07) is 0. The van der Waals surface area contributed by atoms with Crippen LogP contribution in [0.15, 0.2) is 24.3 Å². The lowest BCUT2D eigenvalue weighted by atomic mass is 9.47. The SMILES string of the molecule is C=C1[C@H](O)C[C@@H]2[C@@](C)(CO)CCC[C@@]2(C)[C@@H]1/C=C/C(C)=O. The molecule has 0 unspecified atom stereocenters. The van der Waals surface area contributed by atoms with Crippen molar-refractivity contribution in [1.82, 2.24) is 0 Å². The first kappa shape index (κ1) is 16.4. The molecule has 3 heteroatoms. The van der Waals surface area contributed by atoms with Crippen molar-refractivity contribution in [3.63, 3.8) is 0 Å². The number of carbonyl (C=O) groups excluding carboxylic acids is 1. The van der Waals surface area contributed by atoms with Crippen molar-refractivity contribution in [2.24, 2.45) is 22.7 Å². The predicted molar refractivity (Wildman–Crippen MR) is 83.7 cm³/mol. The van der Waals surface area contributed by atoms with E-state index in [0.717, 1.165) is 24.8 Å². The zero-order valence-electron chi connectivity index (χ0n) is 13.4. The van der Waals surface area contributed by atoms with E-state index in [4.69, 9.17) is 0 Å². The molecule has 0 heterocycles. The summed E-state index contributed by atoms with van der Waals surface area (Å²) in [6.45, 7) is 10.1. The summed E-state index contributed by atoms with van der Waals surface area (Å²) in [5, 5.41) is 20.3. The van der Waals surface area contributed by atoms with Gasteiger partial charge in [-0.1, -0.05) is 32.9 Å². The molecule has 2 N–H and O–H groups in total. The summed E-state index contributed by atoms with van der Waals surface area (Å²) in [4.78, 5) is 11.3. The van der Waals surface area contributed by atoms with Gasteiger partial charge in [-0.25, -0.2) is 0 Å². The summed E-state index contributed by atoms with van der Waals surface area (Å²) in [7, 11) is 0. The Bertz CT molecular complexity index is 467. The van der Waals surface area contributed by atoms with Crippen molar-refractivity contribution in [2.45, 2.75) is 52.6 Å². The van der Waals surface area contributed by atoms with Gasteiger partial charge in [0.2, 0.25) is 0 Å². The number of rotatable bonds is 3. The maximum Gasteiger partial charge on any atom is 0.152 e. The molecule has 2 rings (SSSR count). The lowest BCUT2D eigenvalue weighted by Crippen LogP contribution is -2.54. The predicted octanol–water partition coefficient (Wildman–Crippen LogP) is 2.87. The molecule has 2 aliphatic rings. The highest BCUT2D eigenvalue weighted by Crippen LogP contribution is 2.61. The van der Waals surface area contributed by atoms with Crippen molar-refractivity contribution >= 4 is 5.78 Å². The van der Waals surface area contributed by atoms with Gasteiger partial charge in [-0.2, -0.15) is 0 Å². The summed E-state index contributed by atoms with van der Waals surface area (Å²) in [5.41, 5.74) is 0.614. The largest absolute Gasteiger partial charge is 0.396 e. The molecule has 0 bridgehead atoms. The van der Waals surface area contributed by atoms with Crippen LogP contribution in [0.5, 0.6) is 0 Å². The van der Waals surface area contributed by atoms with E-state index in [9.17, 15) is 15.0 Å². The number of aliphatic hydroxyl groups is 2. The van der Waals surface area contributed by atoms with Crippen LogP contribution in [-0.2, 0) is 4.79 Å². The third-order valence-corrected chi connectivity index (χ3v) is 5.98. The van der Waals surface area contributed by atoms with Crippen LogP contribution < -0.4 is 0 Å². The highest BCUT2D eigenvalue weighted by Gasteiger charge is 2.55. The molecule has 5 atom stereocenters. The van der Waals surface area contributed by atoms with Gasteiger partial charge in [-0.05, 0) is 54.6 Å². The molecule has 21 heavy (non-hydrogen) atoms. The van der Waals surface area contributed by atoms with Crippen molar-refractivity contribution in [3.05, 3.63) is 24.3 Å². The summed E-state index contributed by atoms with van der Waals surface area (Å²) < 4.78 is 0. The van der Waals surface area contributed by atoms with Crippen LogP contribution in [0.25, 0.3) is 0 Å². The molecule has 0 aromatic heterocycles. The maximum atomic E-state index is 11.3. The minimum atomic E-state index is -0.548. The highest BCUT2D eigenvalue weighted by atomic mass is 16.3. The van der Waals surface area contributed by atoms with E-state index in [1.165, 1.54) is 6.92 Å². The first-order valence-corrected chi connectivity index (χ1v) is 7.91. The highest BCUT2D eigenvalue weighted by molar-refractivity contribution is 5.87. The minimum Gasteiger partial charge on any atom is -0.396 e. The van der Waals surface area contributed by atoms with Crippen LogP contribution >= 0.6 is 0 Å². The lowest BCUT2D eigenvalue weighted by Gasteiger charge is -2.58. The van der Waals surface area contributed by atoms with Crippen molar-refractivity contribution < 1.29 is 15.0 Å². The Kier molecular flexibility index (Phi) is 4.46. The third kappa shape index (κ3) is 2.74. The van der Waals surface area contributed by atoms with E-state index >= 15 is 0 Å². The van der Waals surface area contributed by atoms with Gasteiger partial charge >= 0.3 is 0 Å². The Hall–Kier alpha value is -0.930. The first-order chi connectivity index (χ1) is 9.74. The molecule has 0 amide bonds. The molecular formula is C18H28O3. The molecule has 0 aromatic rings. The van der Waals surface area contributed by atoms with E-state index in [1.807, 2.05) is 6.08 Å². The quantitative estimate of drug-likeness (QED) is 0.621. The smallest absolute Gasteiger partial charge is 0.152 e. The van der Waals surface area contributed by atoms with E-state index in [1.54, 1.807) is 6.08 Å². The number of aliphatic hydroxyl groups excluding tert-OH is 2.